The molecule has 0 saturated heterocycles. The summed E-state index contributed by atoms with van der Waals surface area (Å²) in [5.41, 5.74) is -0.941. The number of aliphatic imine (C=N–C) groups is 1. The third-order valence-electron chi connectivity index (χ3n) is 29.2. The fourth-order valence-electron chi connectivity index (χ4n) is 27.7. The number of ether oxygens (including phenoxy) is 12. The van der Waals surface area contributed by atoms with Gasteiger partial charge < -0.3 is 77.3 Å². The number of aliphatic hydroxyl groups is 4. The molecule has 22 nitrogen and oxygen atoms in total. The molecule has 22 heteroatoms. The molecule has 20 aliphatic rings. The predicted molar refractivity (Wildman–Crippen MR) is 508 cm³/mol. The summed E-state index contributed by atoms with van der Waals surface area (Å²) in [6.07, 6.45) is 41.6. The summed E-state index contributed by atoms with van der Waals surface area (Å²) in [5, 5.41) is 35.2. The van der Waals surface area contributed by atoms with Gasteiger partial charge in [0, 0.05) is 0 Å². The summed E-state index contributed by atoms with van der Waals surface area (Å²) in [6.45, 7) is 3.47. The summed E-state index contributed by atoms with van der Waals surface area (Å²) in [7, 11) is 0. The average Bonchev–Trinajstić information content (AvgIpc) is 0.779. The molecule has 20 saturated carbocycles. The number of rotatable bonds is 45. The minimum atomic E-state index is -0.821. The van der Waals surface area contributed by atoms with Crippen LogP contribution in [-0.4, -0.2) is 214 Å². The molecule has 20 bridgehead atoms. The lowest BCUT2D eigenvalue weighted by molar-refractivity contribution is -0.157. The van der Waals surface area contributed by atoms with Crippen LogP contribution in [0.25, 0.3) is 0 Å². The lowest BCUT2D eigenvalue weighted by atomic mass is 9.49. The van der Waals surface area contributed by atoms with Crippen molar-refractivity contribution in [1.82, 2.24) is 0 Å². The molecule has 4 N–H and O–H groups in total. The first-order chi connectivity index (χ1) is 51.9. The van der Waals surface area contributed by atoms with E-state index in [-0.39, 0.29) is 336 Å². The van der Waals surface area contributed by atoms with Crippen LogP contribution in [0.4, 0.5) is 0 Å². The fraction of sp³-hybridized carbons (Fsp3) is 0.951. The van der Waals surface area contributed by atoms with Crippen LogP contribution in [0.2, 0.25) is 0 Å². The van der Waals surface area contributed by atoms with Crippen molar-refractivity contribution in [1.29, 1.82) is 0 Å². The Morgan fingerprint density at radius 1 is 0.242 bits per heavy atom. The van der Waals surface area contributed by atoms with Crippen molar-refractivity contribution in [2.45, 2.75) is 350 Å². The Hall–Kier alpha value is -3.22. The minimum absolute atomic E-state index is 0. The Kier molecular flexibility index (Phi) is 62.6. The zero-order valence-corrected chi connectivity index (χ0v) is 64.8. The van der Waals surface area contributed by atoms with E-state index in [1.807, 2.05) is 0 Å². The summed E-state index contributed by atoms with van der Waals surface area (Å²) in [6, 6.07) is 0. The third kappa shape index (κ3) is 35.4. The number of aliphatic hydroxyl groups excluding tert-OH is 4. The quantitative estimate of drug-likeness (QED) is 0.0145. The van der Waals surface area contributed by atoms with Gasteiger partial charge in [-0.05, 0) is 303 Å². The molecule has 0 radical (unpaired) electrons. The van der Waals surface area contributed by atoms with E-state index in [1.54, 1.807) is 6.08 Å². The van der Waals surface area contributed by atoms with E-state index in [0.29, 0.717) is 25.7 Å². The second kappa shape index (κ2) is 60.0. The zero-order valence-electron chi connectivity index (χ0n) is 64.8. The van der Waals surface area contributed by atoms with Gasteiger partial charge in [0.25, 0.3) is 0 Å². The molecule has 124 heavy (non-hydrogen) atoms. The summed E-state index contributed by atoms with van der Waals surface area (Å²) < 4.78 is 70.3. The first-order valence-electron chi connectivity index (χ1n) is 42.7. The number of carbonyl (C=O) groups is 4. The SMILES string of the molecule is C.C.C.C.C.C.C.C.C.C.C.C.C.C.C.C.C.O=C(CC12CC3CC(CC(C3)C1)C2)OCCOCC(COCCOC(=O)CC12CC3CC(CC(C3)C1)C2)(COCCOC(=O)CC12CC3CC(CC(C3)C1)C2)COCCOC(=O)CC12CC3CC(CC(C3)C1)C2.O=C=NC12CC3CC(CC(C3)C1)C2.OCCOCC(COCCO)(COCCO)COCCO. The number of hydrogen-bond acceptors (Lipinski definition) is 22. The predicted octanol–water partition coefficient (Wildman–Crippen LogP) is 21.8. The second-order valence-electron chi connectivity index (χ2n) is 38.9. The number of nitrogens with zero attached hydrogens (tertiary/aromatic N) is 1. The Balaban J connectivity index is -0.000000784. The van der Waals surface area contributed by atoms with Crippen molar-refractivity contribution >= 4 is 30.0 Å². The van der Waals surface area contributed by atoms with Gasteiger partial charge in [-0.1, -0.05) is 126 Å². The highest BCUT2D eigenvalue weighted by Crippen LogP contribution is 2.65. The second-order valence-corrected chi connectivity index (χ2v) is 38.9. The molecule has 0 aromatic carbocycles. The lowest BCUT2D eigenvalue weighted by Crippen LogP contribution is -2.49. The summed E-state index contributed by atoms with van der Waals surface area (Å²) in [5.74, 6) is 11.4. The van der Waals surface area contributed by atoms with Crippen molar-refractivity contribution in [3.05, 3.63) is 0 Å². The highest BCUT2D eigenvalue weighted by Gasteiger charge is 2.57. The first kappa shape index (κ1) is 129. The van der Waals surface area contributed by atoms with E-state index in [4.69, 9.17) is 77.3 Å². The molecule has 0 spiro atoms. The van der Waals surface area contributed by atoms with Gasteiger partial charge in [-0.25, -0.2) is 4.79 Å². The highest BCUT2D eigenvalue weighted by molar-refractivity contribution is 5.72. The smallest absolute Gasteiger partial charge is 0.306 e. The van der Waals surface area contributed by atoms with Crippen LogP contribution in [0.3, 0.4) is 0 Å². The fourth-order valence-corrected chi connectivity index (χ4v) is 27.7. The monoisotopic (exact) mass is 1780 g/mol. The standard InChI is InChI=1S/C61H92O12.C13H28O8.C11H15NO.17CH4/c62-53(33-57-21-41-9-42(22-57)11-43(10-41)23-57)70-5-1-66-37-61(38-67-2-6-71-54(63)34-58-24-44-12-45(25-58)14-46(13-44)26-58,39-68-3-7-72-55(64)35-59-27-47-15-48(28-59)17-49(16-47)29-59)40-69-4-8-73-56(65)36-60-30-50-18-51(31-60)20-52(19-50)32-60;14-1-5-18-9-13(10-19-6-2-15,11-20-7-3-16)12-21-8-4-17;13-7-12-11-4-8-1-9(5-11)3-10(2-8)6-11;;;;;;;;;;;;;;;;;/h41-52H,1-40H2;14-17H,1-12H2;8-10H,1-6H2;17*1H4. The highest BCUT2D eigenvalue weighted by atomic mass is 16.6. The van der Waals surface area contributed by atoms with Gasteiger partial charge in [-0.15, -0.1) is 0 Å². The molecule has 742 valence electrons. The van der Waals surface area contributed by atoms with Crippen LogP contribution in [0.5, 0.6) is 0 Å². The van der Waals surface area contributed by atoms with E-state index < -0.39 is 10.8 Å². The minimum Gasteiger partial charge on any atom is -0.463 e. The summed E-state index contributed by atoms with van der Waals surface area (Å²) in [4.78, 5) is 67.8. The molecule has 0 atom stereocenters. The first-order valence-corrected chi connectivity index (χ1v) is 42.7. The van der Waals surface area contributed by atoms with Gasteiger partial charge in [0.15, 0.2) is 0 Å². The van der Waals surface area contributed by atoms with Gasteiger partial charge >= 0.3 is 23.9 Å². The molecule has 0 unspecified atom stereocenters. The third-order valence-corrected chi connectivity index (χ3v) is 29.2. The molecule has 20 aliphatic carbocycles. The van der Waals surface area contributed by atoms with Crippen molar-refractivity contribution in [2.75, 3.05) is 159 Å². The van der Waals surface area contributed by atoms with Gasteiger partial charge in [-0.2, -0.15) is 4.99 Å². The maximum absolute atomic E-state index is 13.3. The number of carbonyl (C=O) groups excluding carboxylic acids is 5. The molecular weight excluding hydrogens is 1580 g/mol. The van der Waals surface area contributed by atoms with Crippen molar-refractivity contribution in [3.8, 4) is 0 Å². The molecule has 0 amide bonds. The van der Waals surface area contributed by atoms with Crippen LogP contribution in [0, 0.1) is 121 Å². The van der Waals surface area contributed by atoms with Crippen LogP contribution in [0.1, 0.15) is 345 Å². The lowest BCUT2D eigenvalue weighted by Gasteiger charge is -2.56. The van der Waals surface area contributed by atoms with Gasteiger partial charge in [0.05, 0.1) is 174 Å². The maximum Gasteiger partial charge on any atom is 0.306 e. The molecule has 20 fully saturated rings. The van der Waals surface area contributed by atoms with E-state index >= 15 is 0 Å². The van der Waals surface area contributed by atoms with Crippen molar-refractivity contribution < 1.29 is 101 Å². The zero-order chi connectivity index (χ0) is 74.4. The van der Waals surface area contributed by atoms with Gasteiger partial charge in [-0.3, -0.25) is 19.2 Å². The molecule has 0 aromatic heterocycles. The van der Waals surface area contributed by atoms with Crippen LogP contribution in [0.15, 0.2) is 4.99 Å². The summed E-state index contributed by atoms with van der Waals surface area (Å²) >= 11 is 0. The normalized spacial score (nSPS) is 32.4. The van der Waals surface area contributed by atoms with Gasteiger partial charge in [0.1, 0.15) is 26.4 Å². The van der Waals surface area contributed by atoms with Crippen molar-refractivity contribution in [2.24, 2.45) is 126 Å². The molecule has 0 aliphatic heterocycles. The topological polar surface area (TPSA) is 289 Å². The van der Waals surface area contributed by atoms with E-state index in [9.17, 15) is 24.0 Å². The maximum atomic E-state index is 13.3. The molecule has 0 aromatic rings. The Morgan fingerprint density at radius 3 is 0.532 bits per heavy atom. The van der Waals surface area contributed by atoms with Crippen molar-refractivity contribution in [3.63, 3.8) is 0 Å². The molecular formula is C102H203NO21. The van der Waals surface area contributed by atoms with Gasteiger partial charge in [0.2, 0.25) is 6.08 Å². The van der Waals surface area contributed by atoms with E-state index in [0.717, 1.165) is 166 Å². The Labute approximate surface area is 762 Å². The van der Waals surface area contributed by atoms with Crippen LogP contribution >= 0.6 is 0 Å². The Bertz CT molecular complexity index is 2400. The number of isocyanates is 1. The van der Waals surface area contributed by atoms with E-state index in [1.165, 1.54) is 116 Å². The number of hydrogen-bond donors (Lipinski definition) is 4. The average molecular weight is 1780 g/mol. The molecule has 0 heterocycles. The van der Waals surface area contributed by atoms with Crippen LogP contribution < -0.4 is 0 Å². The van der Waals surface area contributed by atoms with Crippen LogP contribution in [-0.2, 0) is 80.8 Å². The van der Waals surface area contributed by atoms with E-state index in [2.05, 4.69) is 4.99 Å². The largest absolute Gasteiger partial charge is 0.463 e. The number of esters is 4. The molecule has 20 rings (SSSR count). The Morgan fingerprint density at radius 2 is 0.387 bits per heavy atom.